The van der Waals surface area contributed by atoms with Crippen LogP contribution in [0.1, 0.15) is 25.3 Å². The van der Waals surface area contributed by atoms with E-state index < -0.39 is 11.5 Å². The van der Waals surface area contributed by atoms with E-state index in [0.717, 1.165) is 33.5 Å². The minimum Gasteiger partial charge on any atom is -0.464 e. The molecule has 1 spiro atoms. The Hall–Kier alpha value is -3.43. The average Bonchev–Trinajstić information content (AvgIpc) is 2.94. The van der Waals surface area contributed by atoms with Gasteiger partial charge in [0.15, 0.2) is 5.78 Å². The maximum absolute atomic E-state index is 13.0. The quantitative estimate of drug-likeness (QED) is 0.399. The molecule has 0 saturated carbocycles. The molecule has 1 aliphatic carbocycles. The van der Waals surface area contributed by atoms with Crippen LogP contribution < -0.4 is 10.6 Å². The van der Waals surface area contributed by atoms with Crippen molar-refractivity contribution in [1.82, 2.24) is 15.3 Å². The van der Waals surface area contributed by atoms with Gasteiger partial charge in [0, 0.05) is 55.0 Å². The molecule has 1 saturated heterocycles. The van der Waals surface area contributed by atoms with E-state index in [1.165, 1.54) is 11.8 Å². The fourth-order valence-electron chi connectivity index (χ4n) is 5.01. The number of nitrogens with one attached hydrogen (secondary N) is 2. The molecule has 3 aromatic rings. The number of pyridine rings is 2. The van der Waals surface area contributed by atoms with E-state index in [-0.39, 0.29) is 11.8 Å². The Morgan fingerprint density at radius 2 is 1.92 bits per heavy atom. The first kappa shape index (κ1) is 25.2. The zero-order valence-corrected chi connectivity index (χ0v) is 21.8. The molecular formula is C28H30N4O4S. The lowest BCUT2D eigenvalue weighted by atomic mass is 9.65. The van der Waals surface area contributed by atoms with Crippen molar-refractivity contribution in [2.24, 2.45) is 5.41 Å². The second-order valence-electron chi connectivity index (χ2n) is 9.16. The van der Waals surface area contributed by atoms with E-state index in [4.69, 9.17) is 9.47 Å². The zero-order chi connectivity index (χ0) is 25.8. The fourth-order valence-corrected chi connectivity index (χ4v) is 5.85. The number of esters is 1. The SMILES string of the molecule is CCOC(=O)[C@H](Cc1ccc(Nc2nccc3ccncc23)cc1)NC1=C(SC)C(=O)C12CCOCC2. The molecule has 9 heteroatoms. The van der Waals surface area contributed by atoms with Crippen molar-refractivity contribution in [1.29, 1.82) is 0 Å². The summed E-state index contributed by atoms with van der Waals surface area (Å²) in [5.74, 6) is 0.560. The van der Waals surface area contributed by atoms with Crippen molar-refractivity contribution in [2.45, 2.75) is 32.2 Å². The third-order valence-electron chi connectivity index (χ3n) is 7.01. The molecule has 0 bridgehead atoms. The summed E-state index contributed by atoms with van der Waals surface area (Å²) in [6, 6.07) is 11.2. The van der Waals surface area contributed by atoms with Crippen molar-refractivity contribution in [2.75, 3.05) is 31.4 Å². The molecule has 1 aliphatic heterocycles. The lowest BCUT2D eigenvalue weighted by Gasteiger charge is -2.47. The van der Waals surface area contributed by atoms with E-state index in [9.17, 15) is 9.59 Å². The molecule has 2 aliphatic rings. The van der Waals surface area contributed by atoms with Crippen molar-refractivity contribution >= 4 is 45.8 Å². The van der Waals surface area contributed by atoms with Crippen LogP contribution >= 0.6 is 11.8 Å². The highest BCUT2D eigenvalue weighted by Gasteiger charge is 2.54. The summed E-state index contributed by atoms with van der Waals surface area (Å²) in [6.07, 6.45) is 8.91. The van der Waals surface area contributed by atoms with Gasteiger partial charge in [0.2, 0.25) is 0 Å². The second kappa shape index (κ2) is 10.9. The Bertz CT molecular complexity index is 1330. The Balaban J connectivity index is 1.34. The van der Waals surface area contributed by atoms with Crippen LogP contribution in [0.4, 0.5) is 11.5 Å². The highest BCUT2D eigenvalue weighted by atomic mass is 32.2. The number of thioether (sulfide) groups is 1. The first-order chi connectivity index (χ1) is 18.1. The average molecular weight is 519 g/mol. The monoisotopic (exact) mass is 518 g/mol. The van der Waals surface area contributed by atoms with E-state index in [1.54, 1.807) is 25.5 Å². The number of carbonyl (C=O) groups is 2. The number of Topliss-reactive ketones (excluding diaryl/α,β-unsaturated/α-hetero) is 1. The molecule has 0 unspecified atom stereocenters. The van der Waals surface area contributed by atoms with Gasteiger partial charge in [0.05, 0.1) is 16.9 Å². The number of benzene rings is 1. The zero-order valence-electron chi connectivity index (χ0n) is 21.0. The number of ketones is 1. The van der Waals surface area contributed by atoms with Gasteiger partial charge in [-0.25, -0.2) is 9.78 Å². The van der Waals surface area contributed by atoms with Gasteiger partial charge in [-0.15, -0.1) is 11.8 Å². The van der Waals surface area contributed by atoms with Crippen molar-refractivity contribution in [3.8, 4) is 0 Å². The lowest BCUT2D eigenvalue weighted by Crippen LogP contribution is -2.55. The third kappa shape index (κ3) is 4.93. The highest BCUT2D eigenvalue weighted by Crippen LogP contribution is 2.52. The largest absolute Gasteiger partial charge is 0.464 e. The standard InChI is InChI=1S/C28H30N4O4S/c1-3-36-27(34)22(32-24-23(37-2)25(33)28(24)10-14-35-15-11-28)16-18-4-6-20(7-5-18)31-26-21-17-29-12-8-19(21)9-13-30-26/h4-9,12-13,17,22,32H,3,10-11,14-16H2,1-2H3,(H,30,31)/t22-/m0/s1. The Kier molecular flexibility index (Phi) is 7.43. The topological polar surface area (TPSA) is 102 Å². The van der Waals surface area contributed by atoms with Gasteiger partial charge in [-0.05, 0) is 61.2 Å². The molecule has 3 heterocycles. The molecule has 2 aromatic heterocycles. The molecular weight excluding hydrogens is 488 g/mol. The summed E-state index contributed by atoms with van der Waals surface area (Å²) in [6.45, 7) is 3.17. The first-order valence-corrected chi connectivity index (χ1v) is 13.7. The summed E-state index contributed by atoms with van der Waals surface area (Å²) in [5, 5.41) is 8.79. The minimum absolute atomic E-state index is 0.154. The Morgan fingerprint density at radius 3 is 2.65 bits per heavy atom. The number of rotatable bonds is 9. The number of carbonyl (C=O) groups excluding carboxylic acids is 2. The molecule has 2 N–H and O–H groups in total. The van der Waals surface area contributed by atoms with Gasteiger partial charge in [-0.3, -0.25) is 9.78 Å². The van der Waals surface area contributed by atoms with Crippen LogP contribution in [0.3, 0.4) is 0 Å². The van der Waals surface area contributed by atoms with Gasteiger partial charge in [-0.1, -0.05) is 12.1 Å². The van der Waals surface area contributed by atoms with Crippen molar-refractivity contribution in [3.63, 3.8) is 0 Å². The molecule has 0 radical (unpaired) electrons. The van der Waals surface area contributed by atoms with Crippen LogP contribution in [0.5, 0.6) is 0 Å². The summed E-state index contributed by atoms with van der Waals surface area (Å²) < 4.78 is 10.9. The number of allylic oxidation sites excluding steroid dienone is 2. The molecule has 192 valence electrons. The maximum Gasteiger partial charge on any atom is 0.328 e. The molecule has 1 aromatic carbocycles. The summed E-state index contributed by atoms with van der Waals surface area (Å²) in [4.78, 5) is 35.3. The smallest absolute Gasteiger partial charge is 0.328 e. The second-order valence-corrected chi connectivity index (χ2v) is 9.98. The summed E-state index contributed by atoms with van der Waals surface area (Å²) in [7, 11) is 0. The van der Waals surface area contributed by atoms with Crippen molar-refractivity contribution < 1.29 is 19.1 Å². The number of fused-ring (bicyclic) bond motifs is 1. The lowest BCUT2D eigenvalue weighted by molar-refractivity contribution is -0.146. The highest BCUT2D eigenvalue weighted by molar-refractivity contribution is 8.03. The van der Waals surface area contributed by atoms with Gasteiger partial charge in [0.25, 0.3) is 0 Å². The number of aromatic nitrogens is 2. The van der Waals surface area contributed by atoms with E-state index in [0.29, 0.717) is 44.0 Å². The van der Waals surface area contributed by atoms with Crippen LogP contribution in [0.25, 0.3) is 10.8 Å². The number of hydrogen-bond acceptors (Lipinski definition) is 9. The predicted molar refractivity (Wildman–Crippen MR) is 145 cm³/mol. The van der Waals surface area contributed by atoms with E-state index >= 15 is 0 Å². The summed E-state index contributed by atoms with van der Waals surface area (Å²) in [5.41, 5.74) is 2.14. The number of hydrogen-bond donors (Lipinski definition) is 2. The Morgan fingerprint density at radius 1 is 1.16 bits per heavy atom. The van der Waals surface area contributed by atoms with Crippen LogP contribution in [-0.2, 0) is 25.5 Å². The van der Waals surface area contributed by atoms with Crippen LogP contribution in [0.15, 0.2) is 65.6 Å². The van der Waals surface area contributed by atoms with E-state index in [2.05, 4.69) is 20.6 Å². The van der Waals surface area contributed by atoms with Gasteiger partial charge >= 0.3 is 5.97 Å². The fraction of sp³-hybridized carbons (Fsp3) is 0.357. The van der Waals surface area contributed by atoms with Gasteiger partial charge in [-0.2, -0.15) is 0 Å². The molecule has 1 atom stereocenters. The van der Waals surface area contributed by atoms with Crippen LogP contribution in [0.2, 0.25) is 0 Å². The predicted octanol–water partition coefficient (Wildman–Crippen LogP) is 4.39. The number of anilines is 2. The third-order valence-corrected chi connectivity index (χ3v) is 7.81. The van der Waals surface area contributed by atoms with Gasteiger partial charge in [0.1, 0.15) is 11.9 Å². The Labute approximate surface area is 220 Å². The van der Waals surface area contributed by atoms with E-state index in [1.807, 2.05) is 42.7 Å². The molecule has 0 amide bonds. The molecule has 1 fully saturated rings. The van der Waals surface area contributed by atoms with Crippen LogP contribution in [-0.4, -0.2) is 53.8 Å². The molecule has 37 heavy (non-hydrogen) atoms. The normalized spacial score (nSPS) is 17.4. The molecule has 5 rings (SSSR count). The van der Waals surface area contributed by atoms with Crippen LogP contribution in [0, 0.1) is 5.41 Å². The summed E-state index contributed by atoms with van der Waals surface area (Å²) >= 11 is 1.43. The maximum atomic E-state index is 13.0. The number of ether oxygens (including phenoxy) is 2. The van der Waals surface area contributed by atoms with Gasteiger partial charge < -0.3 is 20.1 Å². The first-order valence-electron chi connectivity index (χ1n) is 12.4. The number of nitrogens with zero attached hydrogens (tertiary/aromatic N) is 2. The minimum atomic E-state index is -0.602. The molecule has 8 nitrogen and oxygen atoms in total. The van der Waals surface area contributed by atoms with Crippen molar-refractivity contribution in [3.05, 3.63) is 71.2 Å².